The minimum Gasteiger partial charge on any atom is -0.352 e. The number of ketones is 1. The van der Waals surface area contributed by atoms with Gasteiger partial charge in [0.2, 0.25) is 5.91 Å². The van der Waals surface area contributed by atoms with Gasteiger partial charge >= 0.3 is 0 Å². The molecule has 2 aromatic carbocycles. The van der Waals surface area contributed by atoms with Crippen LogP contribution in [0.2, 0.25) is 0 Å². The van der Waals surface area contributed by atoms with E-state index in [0.717, 1.165) is 40.9 Å². The smallest absolute Gasteiger partial charge is 0.234 e. The van der Waals surface area contributed by atoms with Crippen LogP contribution in [0.25, 0.3) is 0 Å². The van der Waals surface area contributed by atoms with Gasteiger partial charge in [0.1, 0.15) is 0 Å². The second-order valence-electron chi connectivity index (χ2n) is 8.09. The molecule has 0 bridgehead atoms. The van der Waals surface area contributed by atoms with Crippen LogP contribution in [-0.2, 0) is 9.59 Å². The zero-order chi connectivity index (χ0) is 22.7. The number of aryl methyl sites for hydroxylation is 2. The van der Waals surface area contributed by atoms with E-state index in [9.17, 15) is 14.9 Å². The Morgan fingerprint density at radius 2 is 1.84 bits per heavy atom. The molecular formula is C26H25N3O2S. The number of rotatable bonds is 5. The van der Waals surface area contributed by atoms with E-state index in [1.807, 2.05) is 62.4 Å². The molecule has 32 heavy (non-hydrogen) atoms. The van der Waals surface area contributed by atoms with Crippen molar-refractivity contribution < 1.29 is 9.59 Å². The first kappa shape index (κ1) is 21.9. The average molecular weight is 444 g/mol. The Bertz CT molecular complexity index is 1190. The molecule has 0 radical (unpaired) electrons. The summed E-state index contributed by atoms with van der Waals surface area (Å²) in [7, 11) is 0. The van der Waals surface area contributed by atoms with Gasteiger partial charge in [-0.05, 0) is 49.4 Å². The number of para-hydroxylation sites is 1. The summed E-state index contributed by atoms with van der Waals surface area (Å²) < 4.78 is 0. The fourth-order valence-corrected chi connectivity index (χ4v) is 5.16. The highest BCUT2D eigenvalue weighted by molar-refractivity contribution is 8.03. The third kappa shape index (κ3) is 4.35. The van der Waals surface area contributed by atoms with E-state index in [4.69, 9.17) is 0 Å². The van der Waals surface area contributed by atoms with Crippen LogP contribution in [0.4, 0.5) is 5.69 Å². The molecule has 162 valence electrons. The number of carbonyl (C=O) groups excluding carboxylic acids is 2. The average Bonchev–Trinajstić information content (AvgIpc) is 2.79. The largest absolute Gasteiger partial charge is 0.352 e. The maximum Gasteiger partial charge on any atom is 0.234 e. The molecule has 0 saturated carbocycles. The van der Waals surface area contributed by atoms with E-state index >= 15 is 0 Å². The first-order chi connectivity index (χ1) is 15.5. The molecule has 0 aromatic heterocycles. The van der Waals surface area contributed by atoms with Gasteiger partial charge in [-0.2, -0.15) is 5.26 Å². The summed E-state index contributed by atoms with van der Waals surface area (Å²) in [6.07, 6.45) is 2.06. The molecule has 1 amide bonds. The van der Waals surface area contributed by atoms with Gasteiger partial charge in [0.05, 0.1) is 28.3 Å². The van der Waals surface area contributed by atoms with E-state index in [1.54, 1.807) is 0 Å². The van der Waals surface area contributed by atoms with E-state index < -0.39 is 5.92 Å². The molecule has 0 fully saturated rings. The number of amides is 1. The number of nitrogens with one attached hydrogen (secondary N) is 2. The highest BCUT2D eigenvalue weighted by Gasteiger charge is 2.37. The van der Waals surface area contributed by atoms with E-state index in [2.05, 4.69) is 16.7 Å². The Kier molecular flexibility index (Phi) is 6.48. The van der Waals surface area contributed by atoms with Crippen LogP contribution >= 0.6 is 11.8 Å². The zero-order valence-corrected chi connectivity index (χ0v) is 19.0. The topological polar surface area (TPSA) is 82.0 Å². The molecule has 2 aromatic rings. The molecule has 1 aliphatic carbocycles. The molecule has 0 saturated heterocycles. The van der Waals surface area contributed by atoms with Gasteiger partial charge in [0.25, 0.3) is 0 Å². The Morgan fingerprint density at radius 1 is 1.12 bits per heavy atom. The van der Waals surface area contributed by atoms with E-state index in [1.165, 1.54) is 11.8 Å². The number of hydrogen-bond acceptors (Lipinski definition) is 5. The summed E-state index contributed by atoms with van der Waals surface area (Å²) >= 11 is 1.31. The first-order valence-corrected chi connectivity index (χ1v) is 11.7. The van der Waals surface area contributed by atoms with Crippen molar-refractivity contribution in [1.29, 1.82) is 5.26 Å². The molecule has 1 atom stereocenters. The number of nitrogens with zero attached hydrogens (tertiary/aromatic N) is 1. The normalized spacial score (nSPS) is 18.0. The summed E-state index contributed by atoms with van der Waals surface area (Å²) in [5, 5.41) is 17.0. The summed E-state index contributed by atoms with van der Waals surface area (Å²) in [4.78, 5) is 25.5. The van der Waals surface area contributed by atoms with Crippen molar-refractivity contribution in [2.24, 2.45) is 0 Å². The number of Topliss-reactive ketones (excluding diaryl/α,β-unsaturated/α-hetero) is 1. The second kappa shape index (κ2) is 9.46. The van der Waals surface area contributed by atoms with Crippen LogP contribution in [0.5, 0.6) is 0 Å². The highest BCUT2D eigenvalue weighted by atomic mass is 32.2. The van der Waals surface area contributed by atoms with Gasteiger partial charge in [-0.1, -0.05) is 54.2 Å². The lowest BCUT2D eigenvalue weighted by Crippen LogP contribution is -2.32. The van der Waals surface area contributed by atoms with Crippen molar-refractivity contribution in [1.82, 2.24) is 5.32 Å². The number of thioether (sulfide) groups is 1. The number of nitriles is 1. The predicted molar refractivity (Wildman–Crippen MR) is 128 cm³/mol. The van der Waals surface area contributed by atoms with Gasteiger partial charge < -0.3 is 10.6 Å². The van der Waals surface area contributed by atoms with Crippen LogP contribution in [0, 0.1) is 25.2 Å². The van der Waals surface area contributed by atoms with Crippen LogP contribution in [0.3, 0.4) is 0 Å². The molecule has 1 aliphatic heterocycles. The Balaban J connectivity index is 1.64. The van der Waals surface area contributed by atoms with Crippen molar-refractivity contribution >= 4 is 29.1 Å². The van der Waals surface area contributed by atoms with Gasteiger partial charge in [0.15, 0.2) is 5.78 Å². The molecule has 2 N–H and O–H groups in total. The lowest BCUT2D eigenvalue weighted by molar-refractivity contribution is -0.116. The second-order valence-corrected chi connectivity index (χ2v) is 9.08. The van der Waals surface area contributed by atoms with Crippen LogP contribution in [-0.4, -0.2) is 17.4 Å². The van der Waals surface area contributed by atoms with E-state index in [0.29, 0.717) is 22.6 Å². The number of dihydropyridines is 1. The minimum absolute atomic E-state index is 0.0982. The number of allylic oxidation sites excluding steroid dienone is 3. The molecule has 4 rings (SSSR count). The zero-order valence-electron chi connectivity index (χ0n) is 18.2. The minimum atomic E-state index is -0.396. The number of benzene rings is 2. The third-order valence-electron chi connectivity index (χ3n) is 5.93. The van der Waals surface area contributed by atoms with Crippen molar-refractivity contribution in [2.45, 2.75) is 39.0 Å². The maximum absolute atomic E-state index is 12.9. The molecule has 0 spiro atoms. The lowest BCUT2D eigenvalue weighted by atomic mass is 9.76. The number of anilines is 1. The fourth-order valence-electron chi connectivity index (χ4n) is 4.30. The lowest BCUT2D eigenvalue weighted by Gasteiger charge is -2.33. The summed E-state index contributed by atoms with van der Waals surface area (Å²) in [6, 6.07) is 17.9. The van der Waals surface area contributed by atoms with Gasteiger partial charge in [-0.15, -0.1) is 0 Å². The molecule has 5 nitrogen and oxygen atoms in total. The summed E-state index contributed by atoms with van der Waals surface area (Å²) in [6.45, 7) is 3.95. The molecular weight excluding hydrogens is 418 g/mol. The third-order valence-corrected chi connectivity index (χ3v) is 6.95. The Morgan fingerprint density at radius 3 is 2.56 bits per heavy atom. The molecule has 2 aliphatic rings. The van der Waals surface area contributed by atoms with Crippen LogP contribution in [0.1, 0.15) is 41.9 Å². The quantitative estimate of drug-likeness (QED) is 0.671. The number of hydrogen-bond donors (Lipinski definition) is 2. The van der Waals surface area contributed by atoms with Gasteiger partial charge in [-0.25, -0.2) is 0 Å². The van der Waals surface area contributed by atoms with Crippen molar-refractivity contribution in [2.75, 3.05) is 11.1 Å². The monoisotopic (exact) mass is 443 g/mol. The molecule has 0 unspecified atom stereocenters. The van der Waals surface area contributed by atoms with Gasteiger partial charge in [-0.3, -0.25) is 9.59 Å². The Labute approximate surface area is 192 Å². The van der Waals surface area contributed by atoms with Gasteiger partial charge in [0, 0.05) is 23.4 Å². The maximum atomic E-state index is 12.9. The molecule has 1 heterocycles. The fraction of sp³-hybridized carbons (Fsp3) is 0.269. The summed E-state index contributed by atoms with van der Waals surface area (Å²) in [5.41, 5.74) is 5.88. The van der Waals surface area contributed by atoms with Crippen LogP contribution < -0.4 is 10.6 Å². The molecule has 6 heteroatoms. The predicted octanol–water partition coefficient (Wildman–Crippen LogP) is 5.10. The first-order valence-electron chi connectivity index (χ1n) is 10.7. The standard InChI is InChI=1S/C26H25N3O2S/c1-16-8-3-5-10-18(16)24-19(14-27)26(29-21-12-7-13-22(30)25(21)24)32-15-23(31)28-20-11-6-4-9-17(20)2/h3-6,8-11,24,29H,7,12-13,15H2,1-2H3,(H,28,31)/t24-/m0/s1. The summed E-state index contributed by atoms with van der Waals surface area (Å²) in [5.74, 6) is -0.269. The SMILES string of the molecule is Cc1ccccc1NC(=O)CSC1=C(C#N)[C@H](c2ccccc2C)C2=C(CCCC2=O)N1. The van der Waals surface area contributed by atoms with E-state index in [-0.39, 0.29) is 17.4 Å². The van der Waals surface area contributed by atoms with Crippen LogP contribution in [0.15, 0.2) is 70.4 Å². The number of carbonyl (C=O) groups is 2. The Hall–Kier alpha value is -3.30. The van der Waals surface area contributed by atoms with Crippen molar-refractivity contribution in [3.8, 4) is 6.07 Å². The van der Waals surface area contributed by atoms with Crippen molar-refractivity contribution in [3.05, 3.63) is 87.1 Å². The van der Waals surface area contributed by atoms with Crippen molar-refractivity contribution in [3.63, 3.8) is 0 Å². The highest BCUT2D eigenvalue weighted by Crippen LogP contribution is 2.44.